The lowest BCUT2D eigenvalue weighted by atomic mass is 10.0. The Labute approximate surface area is 270 Å². The normalized spacial score (nSPS) is 11.8. The van der Waals surface area contributed by atoms with Gasteiger partial charge in [-0.2, -0.15) is 0 Å². The van der Waals surface area contributed by atoms with Gasteiger partial charge in [0.2, 0.25) is 11.8 Å². The highest BCUT2D eigenvalue weighted by Crippen LogP contribution is 2.27. The fraction of sp³-hybridized carbons (Fsp3) is 0.278. The Morgan fingerprint density at radius 1 is 0.870 bits per heavy atom. The summed E-state index contributed by atoms with van der Waals surface area (Å²) < 4.78 is 48.5. The second kappa shape index (κ2) is 16.0. The van der Waals surface area contributed by atoms with Gasteiger partial charge in [-0.1, -0.05) is 67.1 Å². The molecule has 46 heavy (non-hydrogen) atoms. The van der Waals surface area contributed by atoms with Gasteiger partial charge >= 0.3 is 0 Å². The minimum Gasteiger partial charge on any atom is -0.494 e. The Bertz CT molecular complexity index is 1700. The highest BCUT2D eigenvalue weighted by molar-refractivity contribution is 7.92. The van der Waals surface area contributed by atoms with Crippen LogP contribution in [0.5, 0.6) is 5.75 Å². The fourth-order valence-electron chi connectivity index (χ4n) is 5.06. The summed E-state index contributed by atoms with van der Waals surface area (Å²) in [6.45, 7) is 6.03. The quantitative estimate of drug-likeness (QED) is 0.174. The standard InChI is InChI=1S/C36H40FN3O5S/c1-4-22-38-36(42)34(24-28-11-7-6-8-12-28)39(25-29-13-9-10-27(3)23-29)35(41)26-40(31-16-18-32(19-17-31)45-5-2)46(43,44)33-20-14-30(37)15-21-33/h6-21,23,34H,4-5,22,24-26H2,1-3H3,(H,38,42). The molecule has 242 valence electrons. The molecule has 0 aliphatic carbocycles. The van der Waals surface area contributed by atoms with Gasteiger partial charge in [-0.15, -0.1) is 0 Å². The molecule has 10 heteroatoms. The van der Waals surface area contributed by atoms with Gasteiger partial charge in [-0.05, 0) is 79.9 Å². The van der Waals surface area contributed by atoms with E-state index in [0.29, 0.717) is 25.3 Å². The first kappa shape index (κ1) is 34.2. The van der Waals surface area contributed by atoms with Gasteiger partial charge in [0.1, 0.15) is 24.2 Å². The number of halogens is 1. The number of carbonyl (C=O) groups is 2. The zero-order valence-electron chi connectivity index (χ0n) is 26.4. The number of hydrogen-bond donors (Lipinski definition) is 1. The monoisotopic (exact) mass is 645 g/mol. The maximum absolute atomic E-state index is 14.5. The number of ether oxygens (including phenoxy) is 1. The summed E-state index contributed by atoms with van der Waals surface area (Å²) in [7, 11) is -4.35. The molecular weight excluding hydrogens is 605 g/mol. The molecule has 1 N–H and O–H groups in total. The van der Waals surface area contributed by atoms with Crippen molar-refractivity contribution in [3.63, 3.8) is 0 Å². The number of nitrogens with one attached hydrogen (secondary N) is 1. The third kappa shape index (κ3) is 8.94. The molecule has 4 aromatic carbocycles. The van der Waals surface area contributed by atoms with Crippen LogP contribution in [0.1, 0.15) is 37.0 Å². The van der Waals surface area contributed by atoms with Gasteiger partial charge in [-0.3, -0.25) is 13.9 Å². The number of hydrogen-bond acceptors (Lipinski definition) is 5. The predicted octanol–water partition coefficient (Wildman–Crippen LogP) is 5.89. The summed E-state index contributed by atoms with van der Waals surface area (Å²) in [6.07, 6.45) is 0.929. The van der Waals surface area contributed by atoms with E-state index < -0.39 is 34.3 Å². The average Bonchev–Trinajstić information content (AvgIpc) is 3.05. The zero-order valence-corrected chi connectivity index (χ0v) is 27.2. The van der Waals surface area contributed by atoms with Crippen molar-refractivity contribution in [3.8, 4) is 5.75 Å². The van der Waals surface area contributed by atoms with Crippen molar-refractivity contribution in [2.45, 2.75) is 51.1 Å². The van der Waals surface area contributed by atoms with E-state index in [1.807, 2.05) is 75.4 Å². The third-order valence-electron chi connectivity index (χ3n) is 7.37. The number of anilines is 1. The van der Waals surface area contributed by atoms with Crippen molar-refractivity contribution in [1.29, 1.82) is 0 Å². The Morgan fingerprint density at radius 3 is 2.17 bits per heavy atom. The number of rotatable bonds is 15. The summed E-state index contributed by atoms with van der Waals surface area (Å²) in [5.41, 5.74) is 2.84. The molecule has 0 aromatic heterocycles. The van der Waals surface area contributed by atoms with Crippen LogP contribution in [-0.2, 0) is 32.6 Å². The first-order valence-corrected chi connectivity index (χ1v) is 16.7. The Kier molecular flexibility index (Phi) is 11.9. The molecule has 0 radical (unpaired) electrons. The molecule has 1 unspecified atom stereocenters. The van der Waals surface area contributed by atoms with Crippen molar-refractivity contribution in [3.05, 3.63) is 126 Å². The third-order valence-corrected chi connectivity index (χ3v) is 9.16. The van der Waals surface area contributed by atoms with Gasteiger partial charge in [0.25, 0.3) is 10.0 Å². The lowest BCUT2D eigenvalue weighted by molar-refractivity contribution is -0.140. The first-order valence-electron chi connectivity index (χ1n) is 15.3. The van der Waals surface area contributed by atoms with Crippen molar-refractivity contribution in [2.75, 3.05) is 24.0 Å². The molecule has 8 nitrogen and oxygen atoms in total. The Morgan fingerprint density at radius 2 is 1.54 bits per heavy atom. The molecule has 4 rings (SSSR count). The van der Waals surface area contributed by atoms with Crippen LogP contribution in [0.15, 0.2) is 108 Å². The second-order valence-electron chi connectivity index (χ2n) is 10.9. The van der Waals surface area contributed by atoms with E-state index in [1.165, 1.54) is 4.90 Å². The average molecular weight is 646 g/mol. The minimum absolute atomic E-state index is 0.0747. The van der Waals surface area contributed by atoms with Gasteiger partial charge in [-0.25, -0.2) is 12.8 Å². The van der Waals surface area contributed by atoms with Crippen molar-refractivity contribution in [2.24, 2.45) is 0 Å². The second-order valence-corrected chi connectivity index (χ2v) is 12.8. The lowest BCUT2D eigenvalue weighted by Crippen LogP contribution is -2.53. The van der Waals surface area contributed by atoms with Crippen LogP contribution in [-0.4, -0.2) is 50.9 Å². The Hall–Kier alpha value is -4.70. The number of nitrogens with zero attached hydrogens (tertiary/aromatic N) is 2. The van der Waals surface area contributed by atoms with Gasteiger partial charge in [0.15, 0.2) is 0 Å². The van der Waals surface area contributed by atoms with Crippen LogP contribution in [0.25, 0.3) is 0 Å². The molecule has 0 aliphatic heterocycles. The largest absolute Gasteiger partial charge is 0.494 e. The summed E-state index contributed by atoms with van der Waals surface area (Å²) in [4.78, 5) is 29.5. The minimum atomic E-state index is -4.35. The molecule has 0 aliphatic rings. The summed E-state index contributed by atoms with van der Waals surface area (Å²) >= 11 is 0. The number of sulfonamides is 1. The van der Waals surface area contributed by atoms with Gasteiger partial charge in [0.05, 0.1) is 17.2 Å². The zero-order chi connectivity index (χ0) is 33.1. The topological polar surface area (TPSA) is 96.0 Å². The van der Waals surface area contributed by atoms with Gasteiger partial charge < -0.3 is 15.0 Å². The molecular formula is C36H40FN3O5S. The molecule has 0 heterocycles. The number of benzene rings is 4. The van der Waals surface area contributed by atoms with Crippen LogP contribution in [0, 0.1) is 12.7 Å². The molecule has 4 aromatic rings. The molecule has 0 fully saturated rings. The van der Waals surface area contributed by atoms with E-state index in [0.717, 1.165) is 45.3 Å². The van der Waals surface area contributed by atoms with Crippen LogP contribution in [0.3, 0.4) is 0 Å². The highest BCUT2D eigenvalue weighted by atomic mass is 32.2. The maximum Gasteiger partial charge on any atom is 0.264 e. The van der Waals surface area contributed by atoms with E-state index in [1.54, 1.807) is 24.3 Å². The summed E-state index contributed by atoms with van der Waals surface area (Å²) in [5.74, 6) is -0.962. The van der Waals surface area contributed by atoms with Gasteiger partial charge in [0, 0.05) is 19.5 Å². The van der Waals surface area contributed by atoms with Crippen molar-refractivity contribution >= 4 is 27.5 Å². The van der Waals surface area contributed by atoms with Crippen LogP contribution in [0.4, 0.5) is 10.1 Å². The maximum atomic E-state index is 14.5. The lowest BCUT2D eigenvalue weighted by Gasteiger charge is -2.34. The van der Waals surface area contributed by atoms with Crippen LogP contribution < -0.4 is 14.4 Å². The number of aryl methyl sites for hydroxylation is 1. The van der Waals surface area contributed by atoms with E-state index >= 15 is 0 Å². The van der Waals surface area contributed by atoms with Crippen molar-refractivity contribution in [1.82, 2.24) is 10.2 Å². The van der Waals surface area contributed by atoms with E-state index in [4.69, 9.17) is 4.74 Å². The first-order chi connectivity index (χ1) is 22.1. The summed E-state index contributed by atoms with van der Waals surface area (Å²) in [5, 5.41) is 2.94. The van der Waals surface area contributed by atoms with E-state index in [2.05, 4.69) is 5.32 Å². The molecule has 0 saturated heterocycles. The predicted molar refractivity (Wildman–Crippen MR) is 178 cm³/mol. The molecule has 2 amide bonds. The molecule has 0 bridgehead atoms. The highest BCUT2D eigenvalue weighted by Gasteiger charge is 2.34. The number of carbonyl (C=O) groups excluding carboxylic acids is 2. The summed E-state index contributed by atoms with van der Waals surface area (Å²) in [6, 6.07) is 26.9. The fourth-order valence-corrected chi connectivity index (χ4v) is 6.48. The van der Waals surface area contributed by atoms with Crippen LogP contribution >= 0.6 is 0 Å². The van der Waals surface area contributed by atoms with E-state index in [-0.39, 0.29) is 29.5 Å². The Balaban J connectivity index is 1.79. The van der Waals surface area contributed by atoms with E-state index in [9.17, 15) is 22.4 Å². The number of amides is 2. The van der Waals surface area contributed by atoms with Crippen LogP contribution in [0.2, 0.25) is 0 Å². The molecule has 0 saturated carbocycles. The smallest absolute Gasteiger partial charge is 0.264 e. The molecule has 1 atom stereocenters. The van der Waals surface area contributed by atoms with Crippen molar-refractivity contribution < 1.29 is 27.1 Å². The molecule has 0 spiro atoms. The SMILES string of the molecule is CCCNC(=O)C(Cc1ccccc1)N(Cc1cccc(C)c1)C(=O)CN(c1ccc(OCC)cc1)S(=O)(=O)c1ccc(F)cc1.